The van der Waals surface area contributed by atoms with Gasteiger partial charge in [-0.25, -0.2) is 0 Å². The minimum atomic E-state index is 1.12. The fraction of sp³-hybridized carbons (Fsp3) is 0. The van der Waals surface area contributed by atoms with Crippen molar-refractivity contribution in [3.05, 3.63) is 176 Å². The van der Waals surface area contributed by atoms with Gasteiger partial charge in [-0.1, -0.05) is 133 Å². The lowest BCUT2D eigenvalue weighted by Gasteiger charge is -2.28. The maximum atomic E-state index is 2.40. The van der Waals surface area contributed by atoms with Crippen LogP contribution in [0.5, 0.6) is 0 Å². The summed E-state index contributed by atoms with van der Waals surface area (Å²) >= 11 is 1.88. The van der Waals surface area contributed by atoms with Gasteiger partial charge in [0.25, 0.3) is 0 Å². The molecule has 0 spiro atoms. The summed E-state index contributed by atoms with van der Waals surface area (Å²) in [5.74, 6) is 0. The number of anilines is 3. The minimum absolute atomic E-state index is 1.12. The van der Waals surface area contributed by atoms with E-state index in [0.717, 1.165) is 17.1 Å². The highest BCUT2D eigenvalue weighted by atomic mass is 32.1. The van der Waals surface area contributed by atoms with Gasteiger partial charge in [-0.05, 0) is 80.7 Å². The van der Waals surface area contributed by atoms with Crippen LogP contribution < -0.4 is 4.90 Å². The molecule has 8 aromatic carbocycles. The summed E-state index contributed by atoms with van der Waals surface area (Å²) in [5.41, 5.74) is 8.22. The van der Waals surface area contributed by atoms with Crippen LogP contribution in [-0.2, 0) is 0 Å². The van der Waals surface area contributed by atoms with Crippen LogP contribution in [0.2, 0.25) is 0 Å². The van der Waals surface area contributed by atoms with Crippen molar-refractivity contribution in [3.8, 4) is 22.3 Å². The van der Waals surface area contributed by atoms with Crippen molar-refractivity contribution in [2.24, 2.45) is 0 Å². The Hall–Kier alpha value is -5.70. The van der Waals surface area contributed by atoms with Crippen LogP contribution in [0.4, 0.5) is 17.1 Å². The Bertz CT molecular complexity index is 2530. The molecule has 2 heteroatoms. The number of rotatable bonds is 5. The number of para-hydroxylation sites is 1. The normalized spacial score (nSPS) is 11.5. The molecule has 0 unspecified atom stereocenters. The second-order valence-electron chi connectivity index (χ2n) is 11.8. The maximum absolute atomic E-state index is 2.40. The lowest BCUT2D eigenvalue weighted by atomic mass is 9.99. The molecule has 1 nitrogen and oxygen atoms in total. The molecule has 0 aliphatic rings. The average Bonchev–Trinajstić information content (AvgIpc) is 3.52. The predicted molar refractivity (Wildman–Crippen MR) is 200 cm³/mol. The predicted octanol–water partition coefficient (Wildman–Crippen LogP) is 13.2. The van der Waals surface area contributed by atoms with E-state index in [0.29, 0.717) is 0 Å². The Morgan fingerprint density at radius 2 is 1.04 bits per heavy atom. The first kappa shape index (κ1) is 26.7. The molecule has 216 valence electrons. The van der Waals surface area contributed by atoms with E-state index in [9.17, 15) is 0 Å². The topological polar surface area (TPSA) is 3.24 Å². The van der Waals surface area contributed by atoms with E-state index < -0.39 is 0 Å². The van der Waals surface area contributed by atoms with E-state index in [1.165, 1.54) is 64.0 Å². The summed E-state index contributed by atoms with van der Waals surface area (Å²) in [4.78, 5) is 2.40. The van der Waals surface area contributed by atoms with Crippen LogP contribution in [0.3, 0.4) is 0 Å². The maximum Gasteiger partial charge on any atom is 0.0540 e. The van der Waals surface area contributed by atoms with Gasteiger partial charge < -0.3 is 4.90 Å². The zero-order valence-electron chi connectivity index (χ0n) is 25.1. The summed E-state index contributed by atoms with van der Waals surface area (Å²) in [6.45, 7) is 0. The van der Waals surface area contributed by atoms with Gasteiger partial charge in [0.15, 0.2) is 0 Å². The molecule has 0 aliphatic carbocycles. The van der Waals surface area contributed by atoms with E-state index >= 15 is 0 Å². The highest BCUT2D eigenvalue weighted by Crippen LogP contribution is 2.44. The van der Waals surface area contributed by atoms with Crippen molar-refractivity contribution in [2.75, 3.05) is 4.90 Å². The van der Waals surface area contributed by atoms with Gasteiger partial charge in [0.2, 0.25) is 0 Å². The standard InChI is InChI=1S/C44H29NS/c1-2-11-32(12-3-1)38-14-6-8-16-42(38)45(36-23-20-31(21-24-36)34-19-18-30-10-4-5-13-33(30)28-34)37-25-27-39-35(29-37)22-26-41-40-15-7-9-17-43(40)46-44(39)41/h1-29H. The minimum Gasteiger partial charge on any atom is -0.310 e. The van der Waals surface area contributed by atoms with Crippen LogP contribution in [0.15, 0.2) is 176 Å². The van der Waals surface area contributed by atoms with Crippen LogP contribution in [0.1, 0.15) is 0 Å². The highest BCUT2D eigenvalue weighted by molar-refractivity contribution is 7.26. The summed E-state index contributed by atoms with van der Waals surface area (Å²) in [5, 5.41) is 7.72. The number of fused-ring (bicyclic) bond motifs is 6. The van der Waals surface area contributed by atoms with Crippen molar-refractivity contribution in [2.45, 2.75) is 0 Å². The zero-order chi connectivity index (χ0) is 30.5. The fourth-order valence-electron chi connectivity index (χ4n) is 6.77. The molecule has 0 amide bonds. The Balaban J connectivity index is 1.21. The Morgan fingerprint density at radius 3 is 1.93 bits per heavy atom. The quantitative estimate of drug-likeness (QED) is 0.189. The molecule has 0 saturated carbocycles. The first-order chi connectivity index (χ1) is 22.8. The van der Waals surface area contributed by atoms with Gasteiger partial charge in [-0.15, -0.1) is 11.3 Å². The van der Waals surface area contributed by atoms with E-state index in [1.807, 2.05) is 11.3 Å². The summed E-state index contributed by atoms with van der Waals surface area (Å²) < 4.78 is 2.68. The van der Waals surface area contributed by atoms with Crippen LogP contribution in [0.25, 0.3) is 64.0 Å². The molecule has 0 atom stereocenters. The molecule has 0 N–H and O–H groups in total. The number of benzene rings is 8. The third-order valence-corrected chi connectivity index (χ3v) is 10.3. The largest absolute Gasteiger partial charge is 0.310 e. The SMILES string of the molecule is c1ccc(-c2ccccc2N(c2ccc(-c3ccc4ccccc4c3)cc2)c2ccc3c(ccc4c5ccccc5sc34)c2)cc1. The summed E-state index contributed by atoms with van der Waals surface area (Å²) in [7, 11) is 0. The second kappa shape index (κ2) is 11.0. The third-order valence-electron chi connectivity index (χ3n) is 9.04. The second-order valence-corrected chi connectivity index (χ2v) is 12.8. The lowest BCUT2D eigenvalue weighted by Crippen LogP contribution is -2.11. The first-order valence-electron chi connectivity index (χ1n) is 15.7. The molecule has 0 aliphatic heterocycles. The van der Waals surface area contributed by atoms with Gasteiger partial charge in [-0.2, -0.15) is 0 Å². The number of thiophene rings is 1. The van der Waals surface area contributed by atoms with Crippen molar-refractivity contribution in [1.82, 2.24) is 0 Å². The van der Waals surface area contributed by atoms with Crippen molar-refractivity contribution < 1.29 is 0 Å². The van der Waals surface area contributed by atoms with Gasteiger partial charge in [0, 0.05) is 37.1 Å². The lowest BCUT2D eigenvalue weighted by molar-refractivity contribution is 1.29. The van der Waals surface area contributed by atoms with E-state index in [4.69, 9.17) is 0 Å². The highest BCUT2D eigenvalue weighted by Gasteiger charge is 2.18. The van der Waals surface area contributed by atoms with Gasteiger partial charge >= 0.3 is 0 Å². The molecular formula is C44H29NS. The van der Waals surface area contributed by atoms with Crippen molar-refractivity contribution in [3.63, 3.8) is 0 Å². The Kier molecular flexibility index (Phi) is 6.40. The molecule has 1 heterocycles. The molecule has 0 saturated heterocycles. The molecule has 46 heavy (non-hydrogen) atoms. The number of hydrogen-bond acceptors (Lipinski definition) is 2. The Labute approximate surface area is 272 Å². The van der Waals surface area contributed by atoms with Gasteiger partial charge in [0.05, 0.1) is 5.69 Å². The van der Waals surface area contributed by atoms with Crippen LogP contribution in [0, 0.1) is 0 Å². The number of nitrogens with zero attached hydrogens (tertiary/aromatic N) is 1. The molecular weight excluding hydrogens is 575 g/mol. The molecule has 0 radical (unpaired) electrons. The molecule has 9 aromatic rings. The molecule has 0 bridgehead atoms. The monoisotopic (exact) mass is 603 g/mol. The van der Waals surface area contributed by atoms with E-state index in [1.54, 1.807) is 0 Å². The van der Waals surface area contributed by atoms with Crippen molar-refractivity contribution >= 4 is 70.1 Å². The van der Waals surface area contributed by atoms with Gasteiger partial charge in [0.1, 0.15) is 0 Å². The average molecular weight is 604 g/mol. The Morgan fingerprint density at radius 1 is 0.370 bits per heavy atom. The van der Waals surface area contributed by atoms with E-state index in [-0.39, 0.29) is 0 Å². The molecule has 1 aromatic heterocycles. The molecule has 0 fully saturated rings. The van der Waals surface area contributed by atoms with Crippen LogP contribution in [-0.4, -0.2) is 0 Å². The van der Waals surface area contributed by atoms with Crippen molar-refractivity contribution in [1.29, 1.82) is 0 Å². The first-order valence-corrected chi connectivity index (χ1v) is 16.5. The fourth-order valence-corrected chi connectivity index (χ4v) is 8.01. The number of hydrogen-bond donors (Lipinski definition) is 0. The summed E-state index contributed by atoms with van der Waals surface area (Å²) in [6, 6.07) is 63.9. The summed E-state index contributed by atoms with van der Waals surface area (Å²) in [6.07, 6.45) is 0. The van der Waals surface area contributed by atoms with Gasteiger partial charge in [-0.3, -0.25) is 0 Å². The van der Waals surface area contributed by atoms with Crippen LogP contribution >= 0.6 is 11.3 Å². The third kappa shape index (κ3) is 4.54. The zero-order valence-corrected chi connectivity index (χ0v) is 25.9. The smallest absolute Gasteiger partial charge is 0.0540 e. The molecule has 9 rings (SSSR count). The van der Waals surface area contributed by atoms with E-state index in [2.05, 4.69) is 181 Å².